The molecule has 0 aliphatic heterocycles. The van der Waals surface area contributed by atoms with Gasteiger partial charge in [0.05, 0.1) is 7.11 Å². The van der Waals surface area contributed by atoms with E-state index in [1.165, 1.54) is 11.3 Å². The Hall–Kier alpha value is -0.840. The van der Waals surface area contributed by atoms with Gasteiger partial charge in [0.2, 0.25) is 5.78 Å². The van der Waals surface area contributed by atoms with Gasteiger partial charge in [-0.25, -0.2) is 0 Å². The van der Waals surface area contributed by atoms with E-state index < -0.39 is 0 Å². The number of rotatable bonds is 3. The third-order valence-corrected chi connectivity index (χ3v) is 4.02. The Balaban J connectivity index is 2.44. The highest BCUT2D eigenvalue weighted by atomic mass is 79.9. The second kappa shape index (κ2) is 5.21. The van der Waals surface area contributed by atoms with Crippen LogP contribution < -0.4 is 4.74 Å². The molecule has 2 nitrogen and oxygen atoms in total. The van der Waals surface area contributed by atoms with E-state index in [2.05, 4.69) is 15.9 Å². The quantitative estimate of drug-likeness (QED) is 0.779. The topological polar surface area (TPSA) is 26.3 Å². The van der Waals surface area contributed by atoms with Crippen molar-refractivity contribution in [2.75, 3.05) is 7.11 Å². The highest BCUT2D eigenvalue weighted by Gasteiger charge is 2.18. The van der Waals surface area contributed by atoms with Crippen molar-refractivity contribution in [3.63, 3.8) is 0 Å². The first-order valence-corrected chi connectivity index (χ1v) is 6.79. The molecule has 0 amide bonds. The van der Waals surface area contributed by atoms with Gasteiger partial charge in [-0.3, -0.25) is 4.79 Å². The monoisotopic (exact) mass is 330 g/mol. The van der Waals surface area contributed by atoms with E-state index in [4.69, 9.17) is 16.3 Å². The van der Waals surface area contributed by atoms with Crippen LogP contribution in [0, 0.1) is 0 Å². The lowest BCUT2D eigenvalue weighted by Crippen LogP contribution is -2.01. The summed E-state index contributed by atoms with van der Waals surface area (Å²) in [6.45, 7) is 0. The summed E-state index contributed by atoms with van der Waals surface area (Å²) in [6.07, 6.45) is 0. The molecule has 0 radical (unpaired) electrons. The van der Waals surface area contributed by atoms with Gasteiger partial charge in [-0.2, -0.15) is 0 Å². The average molecular weight is 332 g/mol. The number of carbonyl (C=O) groups is 1. The highest BCUT2D eigenvalue weighted by molar-refractivity contribution is 9.10. The predicted octanol–water partition coefficient (Wildman–Crippen LogP) is 4.40. The third kappa shape index (κ3) is 2.54. The zero-order valence-corrected chi connectivity index (χ0v) is 12.0. The Labute approximate surface area is 116 Å². The Morgan fingerprint density at radius 2 is 2.18 bits per heavy atom. The number of thiophene rings is 1. The first kappa shape index (κ1) is 12.6. The van der Waals surface area contributed by atoms with Crippen molar-refractivity contribution in [1.82, 2.24) is 0 Å². The lowest BCUT2D eigenvalue weighted by Gasteiger charge is -2.04. The molecule has 0 aliphatic rings. The van der Waals surface area contributed by atoms with Crippen LogP contribution in [-0.2, 0) is 0 Å². The summed E-state index contributed by atoms with van der Waals surface area (Å²) in [5.74, 6) is 0.530. The molecule has 2 rings (SSSR count). The lowest BCUT2D eigenvalue weighted by molar-refractivity contribution is 0.103. The second-order valence-electron chi connectivity index (χ2n) is 3.27. The van der Waals surface area contributed by atoms with Crippen LogP contribution in [0.5, 0.6) is 5.75 Å². The van der Waals surface area contributed by atoms with E-state index >= 15 is 0 Å². The molecule has 1 heterocycles. The molecular formula is C12H8BrClO2S. The van der Waals surface area contributed by atoms with E-state index in [9.17, 15) is 4.79 Å². The van der Waals surface area contributed by atoms with Gasteiger partial charge < -0.3 is 4.74 Å². The molecule has 5 heteroatoms. The Morgan fingerprint density at radius 1 is 1.41 bits per heavy atom. The van der Waals surface area contributed by atoms with Gasteiger partial charge in [0.15, 0.2) is 0 Å². The Kier molecular flexibility index (Phi) is 3.86. The SMILES string of the molecule is COc1ccsc1C(=O)c1ccc(Cl)cc1Br. The minimum absolute atomic E-state index is 0.0691. The molecular weight excluding hydrogens is 324 g/mol. The van der Waals surface area contributed by atoms with Crippen LogP contribution >= 0.6 is 38.9 Å². The minimum Gasteiger partial charge on any atom is -0.495 e. The molecule has 0 spiro atoms. The van der Waals surface area contributed by atoms with Gasteiger partial charge in [0, 0.05) is 15.1 Å². The number of hydrogen-bond acceptors (Lipinski definition) is 3. The fourth-order valence-electron chi connectivity index (χ4n) is 1.42. The van der Waals surface area contributed by atoms with Gasteiger partial charge in [0.1, 0.15) is 10.6 Å². The maximum atomic E-state index is 12.3. The number of ether oxygens (including phenoxy) is 1. The predicted molar refractivity (Wildman–Crippen MR) is 73.5 cm³/mol. The first-order valence-electron chi connectivity index (χ1n) is 4.74. The van der Waals surface area contributed by atoms with Crippen molar-refractivity contribution in [2.24, 2.45) is 0 Å². The van der Waals surface area contributed by atoms with Crippen molar-refractivity contribution in [3.8, 4) is 5.75 Å². The van der Waals surface area contributed by atoms with Crippen molar-refractivity contribution in [3.05, 3.63) is 49.6 Å². The zero-order chi connectivity index (χ0) is 12.4. The second-order valence-corrected chi connectivity index (χ2v) is 5.48. The lowest BCUT2D eigenvalue weighted by atomic mass is 10.1. The standard InChI is InChI=1S/C12H8BrClO2S/c1-16-10-4-5-17-12(10)11(15)8-3-2-7(14)6-9(8)13/h2-6H,1H3. The van der Waals surface area contributed by atoms with Crippen molar-refractivity contribution in [2.45, 2.75) is 0 Å². The molecule has 17 heavy (non-hydrogen) atoms. The van der Waals surface area contributed by atoms with Gasteiger partial charge in [-0.1, -0.05) is 11.6 Å². The van der Waals surface area contributed by atoms with Crippen LogP contribution in [0.1, 0.15) is 15.2 Å². The number of hydrogen-bond donors (Lipinski definition) is 0. The van der Waals surface area contributed by atoms with Crippen molar-refractivity contribution >= 4 is 44.7 Å². The average Bonchev–Trinajstić information content (AvgIpc) is 2.76. The van der Waals surface area contributed by atoms with Crippen LogP contribution in [0.25, 0.3) is 0 Å². The zero-order valence-electron chi connectivity index (χ0n) is 8.87. The van der Waals surface area contributed by atoms with Crippen LogP contribution in [0.3, 0.4) is 0 Å². The summed E-state index contributed by atoms with van der Waals surface area (Å²) in [4.78, 5) is 12.9. The fourth-order valence-corrected chi connectivity index (χ4v) is 3.09. The number of carbonyl (C=O) groups excluding carboxylic acids is 1. The van der Waals surface area contributed by atoms with E-state index in [1.54, 1.807) is 31.4 Å². The molecule has 88 valence electrons. The summed E-state index contributed by atoms with van der Waals surface area (Å²) in [5.41, 5.74) is 0.579. The number of benzene rings is 1. The molecule has 1 aromatic carbocycles. The smallest absolute Gasteiger partial charge is 0.207 e. The van der Waals surface area contributed by atoms with E-state index in [1.807, 2.05) is 5.38 Å². The maximum Gasteiger partial charge on any atom is 0.207 e. The summed E-state index contributed by atoms with van der Waals surface area (Å²) in [5, 5.41) is 2.42. The molecule has 0 saturated carbocycles. The molecule has 0 aliphatic carbocycles. The first-order chi connectivity index (χ1) is 8.13. The number of methoxy groups -OCH3 is 1. The van der Waals surface area contributed by atoms with Crippen molar-refractivity contribution in [1.29, 1.82) is 0 Å². The van der Waals surface area contributed by atoms with Crippen LogP contribution in [0.2, 0.25) is 5.02 Å². The summed E-state index contributed by atoms with van der Waals surface area (Å²) < 4.78 is 5.83. The molecule has 2 aromatic rings. The summed E-state index contributed by atoms with van der Waals surface area (Å²) in [7, 11) is 1.55. The molecule has 0 atom stereocenters. The van der Waals surface area contributed by atoms with Crippen molar-refractivity contribution < 1.29 is 9.53 Å². The van der Waals surface area contributed by atoms with Gasteiger partial charge in [-0.05, 0) is 45.6 Å². The number of ketones is 1. The van der Waals surface area contributed by atoms with Gasteiger partial charge in [-0.15, -0.1) is 11.3 Å². The van der Waals surface area contributed by atoms with E-state index in [-0.39, 0.29) is 5.78 Å². The molecule has 1 aromatic heterocycles. The highest BCUT2D eigenvalue weighted by Crippen LogP contribution is 2.30. The molecule has 0 unspecified atom stereocenters. The van der Waals surface area contributed by atoms with Crippen LogP contribution in [0.15, 0.2) is 34.1 Å². The summed E-state index contributed by atoms with van der Waals surface area (Å²) in [6, 6.07) is 6.88. The van der Waals surface area contributed by atoms with Gasteiger partial charge >= 0.3 is 0 Å². The third-order valence-electron chi connectivity index (χ3n) is 2.23. The summed E-state index contributed by atoms with van der Waals surface area (Å²) >= 11 is 10.5. The normalized spacial score (nSPS) is 10.3. The Bertz CT molecular complexity index is 565. The largest absolute Gasteiger partial charge is 0.495 e. The molecule has 0 fully saturated rings. The number of halogens is 2. The minimum atomic E-state index is -0.0691. The Morgan fingerprint density at radius 3 is 2.82 bits per heavy atom. The molecule has 0 N–H and O–H groups in total. The maximum absolute atomic E-state index is 12.3. The molecule has 0 bridgehead atoms. The van der Waals surface area contributed by atoms with Crippen LogP contribution in [0.4, 0.5) is 0 Å². The van der Waals surface area contributed by atoms with E-state index in [0.717, 1.165) is 0 Å². The van der Waals surface area contributed by atoms with Crippen LogP contribution in [-0.4, -0.2) is 12.9 Å². The fraction of sp³-hybridized carbons (Fsp3) is 0.0833. The molecule has 0 saturated heterocycles. The van der Waals surface area contributed by atoms with E-state index in [0.29, 0.717) is 25.7 Å². The van der Waals surface area contributed by atoms with Gasteiger partial charge in [0.25, 0.3) is 0 Å².